The molecule has 4 N–H and O–H groups in total. The Bertz CT molecular complexity index is 617. The van der Waals surface area contributed by atoms with Crippen LogP contribution in [-0.4, -0.2) is 5.91 Å². The fourth-order valence-electron chi connectivity index (χ4n) is 1.59. The number of hydrogen-bond acceptors (Lipinski definition) is 3. The number of anilines is 2. The van der Waals surface area contributed by atoms with E-state index in [4.69, 9.17) is 5.84 Å². The van der Waals surface area contributed by atoms with Crippen molar-refractivity contribution in [3.8, 4) is 0 Å². The summed E-state index contributed by atoms with van der Waals surface area (Å²) < 4.78 is 1.73. The van der Waals surface area contributed by atoms with Gasteiger partial charge in [0.1, 0.15) is 0 Å². The van der Waals surface area contributed by atoms with Gasteiger partial charge in [-0.25, -0.2) is 0 Å². The fourth-order valence-corrected chi connectivity index (χ4v) is 2.73. The molecule has 19 heavy (non-hydrogen) atoms. The Labute approximate surface area is 127 Å². The third-order valence-corrected chi connectivity index (χ3v) is 3.66. The normalized spacial score (nSPS) is 10.1. The Balaban J connectivity index is 2.26. The van der Waals surface area contributed by atoms with Gasteiger partial charge >= 0.3 is 0 Å². The van der Waals surface area contributed by atoms with Gasteiger partial charge < -0.3 is 10.7 Å². The highest BCUT2D eigenvalue weighted by atomic mass is 79.9. The molecule has 2 aromatic rings. The molecule has 0 aliphatic rings. The molecule has 0 radical (unpaired) electrons. The summed E-state index contributed by atoms with van der Waals surface area (Å²) in [7, 11) is 0. The molecule has 0 aromatic heterocycles. The maximum atomic E-state index is 12.2. The number of hydrogen-bond donors (Lipinski definition) is 3. The number of carbonyl (C=O) groups excluding carboxylic acids is 1. The van der Waals surface area contributed by atoms with Crippen LogP contribution in [0.3, 0.4) is 0 Å². The molecule has 2 aromatic carbocycles. The average molecular weight is 385 g/mol. The molecule has 0 saturated carbocycles. The lowest BCUT2D eigenvalue weighted by molar-refractivity contribution is 0.102. The van der Waals surface area contributed by atoms with Crippen molar-refractivity contribution in [2.45, 2.75) is 0 Å². The van der Waals surface area contributed by atoms with Gasteiger partial charge in [0.15, 0.2) is 0 Å². The van der Waals surface area contributed by atoms with Crippen molar-refractivity contribution >= 4 is 49.1 Å². The minimum absolute atomic E-state index is 0.225. The molecule has 0 unspecified atom stereocenters. The maximum Gasteiger partial charge on any atom is 0.257 e. The van der Waals surface area contributed by atoms with E-state index in [9.17, 15) is 4.79 Å². The third kappa shape index (κ3) is 3.34. The SMILES string of the molecule is NNc1ccccc1C(=O)Nc1ccc(Br)cc1Br. The number of para-hydroxylation sites is 1. The van der Waals surface area contributed by atoms with E-state index in [1.807, 2.05) is 24.3 Å². The van der Waals surface area contributed by atoms with Gasteiger partial charge in [0, 0.05) is 8.95 Å². The molecule has 2 rings (SSSR count). The van der Waals surface area contributed by atoms with Crippen LogP contribution < -0.4 is 16.6 Å². The quantitative estimate of drug-likeness (QED) is 0.557. The molecule has 0 saturated heterocycles. The monoisotopic (exact) mass is 383 g/mol. The zero-order valence-corrected chi connectivity index (χ0v) is 13.0. The first kappa shape index (κ1) is 14.0. The lowest BCUT2D eigenvalue weighted by Crippen LogP contribution is -2.17. The number of amides is 1. The Morgan fingerprint density at radius 2 is 1.79 bits per heavy atom. The Hall–Kier alpha value is -1.37. The first-order chi connectivity index (χ1) is 9.11. The van der Waals surface area contributed by atoms with Crippen molar-refractivity contribution in [3.63, 3.8) is 0 Å². The van der Waals surface area contributed by atoms with Crippen molar-refractivity contribution in [2.24, 2.45) is 5.84 Å². The number of rotatable bonds is 3. The van der Waals surface area contributed by atoms with Crippen LogP contribution in [0.25, 0.3) is 0 Å². The van der Waals surface area contributed by atoms with Crippen molar-refractivity contribution in [1.29, 1.82) is 0 Å². The van der Waals surface area contributed by atoms with E-state index in [2.05, 4.69) is 42.6 Å². The topological polar surface area (TPSA) is 67.1 Å². The number of nitrogens with two attached hydrogens (primary N) is 1. The highest BCUT2D eigenvalue weighted by molar-refractivity contribution is 9.11. The van der Waals surface area contributed by atoms with Gasteiger partial charge in [-0.3, -0.25) is 10.6 Å². The molecule has 0 heterocycles. The second kappa shape index (κ2) is 6.18. The number of benzene rings is 2. The molecular weight excluding hydrogens is 374 g/mol. The molecule has 0 fully saturated rings. The van der Waals surface area contributed by atoms with Gasteiger partial charge in [0.25, 0.3) is 5.91 Å². The molecule has 98 valence electrons. The predicted octanol–water partition coefficient (Wildman–Crippen LogP) is 3.75. The van der Waals surface area contributed by atoms with E-state index in [0.29, 0.717) is 16.9 Å². The fraction of sp³-hybridized carbons (Fsp3) is 0. The molecule has 4 nitrogen and oxygen atoms in total. The van der Waals surface area contributed by atoms with E-state index in [1.165, 1.54) is 0 Å². The van der Waals surface area contributed by atoms with Crippen LogP contribution >= 0.6 is 31.9 Å². The maximum absolute atomic E-state index is 12.2. The highest BCUT2D eigenvalue weighted by Gasteiger charge is 2.11. The second-order valence-corrected chi connectivity index (χ2v) is 5.54. The van der Waals surface area contributed by atoms with Gasteiger partial charge in [0.2, 0.25) is 0 Å². The highest BCUT2D eigenvalue weighted by Crippen LogP contribution is 2.27. The van der Waals surface area contributed by atoms with Crippen LogP contribution in [0.2, 0.25) is 0 Å². The smallest absolute Gasteiger partial charge is 0.257 e. The number of nitrogens with one attached hydrogen (secondary N) is 2. The van der Waals surface area contributed by atoms with Crippen LogP contribution in [0.5, 0.6) is 0 Å². The van der Waals surface area contributed by atoms with Crippen LogP contribution in [0.4, 0.5) is 11.4 Å². The Morgan fingerprint density at radius 3 is 2.47 bits per heavy atom. The van der Waals surface area contributed by atoms with Gasteiger partial charge in [-0.1, -0.05) is 28.1 Å². The Morgan fingerprint density at radius 1 is 1.05 bits per heavy atom. The standard InChI is InChI=1S/C13H11Br2N3O/c14-8-5-6-12(10(15)7-8)17-13(19)9-3-1-2-4-11(9)18-16/h1-7,18H,16H2,(H,17,19). The summed E-state index contributed by atoms with van der Waals surface area (Å²) in [5, 5.41) is 2.83. The van der Waals surface area contributed by atoms with Crippen LogP contribution in [0.1, 0.15) is 10.4 Å². The molecule has 0 spiro atoms. The summed E-state index contributed by atoms with van der Waals surface area (Å²) in [4.78, 5) is 12.2. The van der Waals surface area contributed by atoms with E-state index >= 15 is 0 Å². The largest absolute Gasteiger partial charge is 0.323 e. The molecule has 0 aliphatic carbocycles. The summed E-state index contributed by atoms with van der Waals surface area (Å²) in [6.07, 6.45) is 0. The Kier molecular flexibility index (Phi) is 4.57. The van der Waals surface area contributed by atoms with E-state index in [1.54, 1.807) is 18.2 Å². The average Bonchev–Trinajstić information content (AvgIpc) is 2.41. The van der Waals surface area contributed by atoms with Gasteiger partial charge in [-0.15, -0.1) is 0 Å². The molecular formula is C13H11Br2N3O. The van der Waals surface area contributed by atoms with Crippen molar-refractivity contribution in [2.75, 3.05) is 10.7 Å². The van der Waals surface area contributed by atoms with Crippen LogP contribution in [0.15, 0.2) is 51.4 Å². The third-order valence-electron chi connectivity index (χ3n) is 2.51. The van der Waals surface area contributed by atoms with Gasteiger partial charge in [-0.05, 0) is 46.3 Å². The zero-order chi connectivity index (χ0) is 13.8. The molecule has 1 amide bonds. The lowest BCUT2D eigenvalue weighted by Gasteiger charge is -2.10. The number of halogens is 2. The van der Waals surface area contributed by atoms with Crippen LogP contribution in [-0.2, 0) is 0 Å². The number of nitrogen functional groups attached to an aromatic ring is 1. The van der Waals surface area contributed by atoms with E-state index < -0.39 is 0 Å². The minimum Gasteiger partial charge on any atom is -0.323 e. The first-order valence-corrected chi connectivity index (χ1v) is 7.02. The summed E-state index contributed by atoms with van der Waals surface area (Å²) in [6.45, 7) is 0. The second-order valence-electron chi connectivity index (χ2n) is 3.77. The van der Waals surface area contributed by atoms with E-state index in [0.717, 1.165) is 8.95 Å². The van der Waals surface area contributed by atoms with Crippen molar-refractivity contribution in [3.05, 3.63) is 57.0 Å². The summed E-state index contributed by atoms with van der Waals surface area (Å²) in [5.74, 6) is 5.16. The summed E-state index contributed by atoms with van der Waals surface area (Å²) in [5.41, 5.74) is 4.26. The summed E-state index contributed by atoms with van der Waals surface area (Å²) in [6, 6.07) is 12.6. The minimum atomic E-state index is -0.225. The molecule has 6 heteroatoms. The summed E-state index contributed by atoms with van der Waals surface area (Å²) >= 11 is 6.76. The zero-order valence-electron chi connectivity index (χ0n) is 9.78. The number of hydrazine groups is 1. The van der Waals surface area contributed by atoms with Gasteiger partial charge in [0.05, 0.1) is 16.9 Å². The first-order valence-electron chi connectivity index (χ1n) is 5.44. The lowest BCUT2D eigenvalue weighted by atomic mass is 10.1. The van der Waals surface area contributed by atoms with Gasteiger partial charge in [-0.2, -0.15) is 0 Å². The predicted molar refractivity (Wildman–Crippen MR) is 84.0 cm³/mol. The number of carbonyl (C=O) groups is 1. The van der Waals surface area contributed by atoms with Crippen LogP contribution in [0, 0.1) is 0 Å². The van der Waals surface area contributed by atoms with Crippen molar-refractivity contribution < 1.29 is 4.79 Å². The molecule has 0 aliphatic heterocycles. The van der Waals surface area contributed by atoms with E-state index in [-0.39, 0.29) is 5.91 Å². The van der Waals surface area contributed by atoms with Crippen molar-refractivity contribution in [1.82, 2.24) is 0 Å². The molecule has 0 bridgehead atoms. The molecule has 0 atom stereocenters.